The van der Waals surface area contributed by atoms with Gasteiger partial charge in [0.25, 0.3) is 5.56 Å². The Morgan fingerprint density at radius 1 is 1.11 bits per heavy atom. The summed E-state index contributed by atoms with van der Waals surface area (Å²) in [5.74, 6) is 1.21. The van der Waals surface area contributed by atoms with E-state index < -0.39 is 5.60 Å². The molecule has 2 fully saturated rings. The summed E-state index contributed by atoms with van der Waals surface area (Å²) in [6.07, 6.45) is 2.86. The number of amides is 1. The average molecular weight is 654 g/mol. The smallest absolute Gasteiger partial charge is 0.260 e. The molecule has 0 unspecified atom stereocenters. The number of methoxy groups -OCH3 is 2. The van der Waals surface area contributed by atoms with Crippen molar-refractivity contribution in [2.45, 2.75) is 39.0 Å². The van der Waals surface area contributed by atoms with Gasteiger partial charge in [-0.05, 0) is 38.6 Å². The van der Waals surface area contributed by atoms with Gasteiger partial charge in [-0.1, -0.05) is 25.1 Å². The normalized spacial score (nSPS) is 16.3. The third-order valence-electron chi connectivity index (χ3n) is 8.57. The molecular formula is C33H44ClN7O5. The van der Waals surface area contributed by atoms with E-state index in [0.717, 1.165) is 39.3 Å². The molecule has 2 aliphatic heterocycles. The highest BCUT2D eigenvalue weighted by Gasteiger charge is 2.35. The number of pyridine rings is 1. The van der Waals surface area contributed by atoms with Gasteiger partial charge < -0.3 is 29.3 Å². The van der Waals surface area contributed by atoms with Crippen LogP contribution in [0.3, 0.4) is 0 Å². The van der Waals surface area contributed by atoms with Crippen molar-refractivity contribution in [1.29, 1.82) is 0 Å². The lowest BCUT2D eigenvalue weighted by atomic mass is 10.0. The van der Waals surface area contributed by atoms with E-state index in [1.54, 1.807) is 41.0 Å². The van der Waals surface area contributed by atoms with Crippen LogP contribution in [0.1, 0.15) is 20.8 Å². The second kappa shape index (κ2) is 14.4. The molecule has 4 heterocycles. The summed E-state index contributed by atoms with van der Waals surface area (Å²) in [5.41, 5.74) is 0.227. The van der Waals surface area contributed by atoms with Crippen molar-refractivity contribution in [2.75, 3.05) is 78.4 Å². The van der Waals surface area contributed by atoms with Crippen molar-refractivity contribution in [1.82, 2.24) is 29.2 Å². The summed E-state index contributed by atoms with van der Waals surface area (Å²) in [6.45, 7) is 17.6. The minimum Gasteiger partial charge on any atom is -0.497 e. The van der Waals surface area contributed by atoms with Crippen LogP contribution in [0.5, 0.6) is 11.5 Å². The number of hydrogen-bond donors (Lipinski definition) is 1. The van der Waals surface area contributed by atoms with Crippen molar-refractivity contribution in [3.8, 4) is 22.6 Å². The van der Waals surface area contributed by atoms with Gasteiger partial charge in [-0.2, -0.15) is 4.98 Å². The van der Waals surface area contributed by atoms with Crippen LogP contribution in [0.25, 0.3) is 22.2 Å². The summed E-state index contributed by atoms with van der Waals surface area (Å²) in [4.78, 5) is 42.3. The highest BCUT2D eigenvalue weighted by atomic mass is 35.5. The van der Waals surface area contributed by atoms with E-state index in [1.807, 2.05) is 13.8 Å². The van der Waals surface area contributed by atoms with Crippen molar-refractivity contribution in [3.63, 3.8) is 0 Å². The lowest BCUT2D eigenvalue weighted by Gasteiger charge is -2.42. The first-order valence-corrected chi connectivity index (χ1v) is 16.0. The highest BCUT2D eigenvalue weighted by Crippen LogP contribution is 2.39. The van der Waals surface area contributed by atoms with Gasteiger partial charge in [-0.3, -0.25) is 19.1 Å². The Bertz CT molecular complexity index is 1630. The number of halogens is 1. The quantitative estimate of drug-likeness (QED) is 0.276. The largest absolute Gasteiger partial charge is 0.497 e. The van der Waals surface area contributed by atoms with E-state index in [9.17, 15) is 9.59 Å². The number of ether oxygens (including phenoxy) is 3. The van der Waals surface area contributed by atoms with Crippen LogP contribution in [-0.4, -0.2) is 120 Å². The maximum Gasteiger partial charge on any atom is 0.260 e. The van der Waals surface area contributed by atoms with Crippen LogP contribution in [0.4, 0.5) is 5.95 Å². The Kier molecular flexibility index (Phi) is 10.5. The first-order chi connectivity index (χ1) is 22.0. The maximum atomic E-state index is 14.4. The van der Waals surface area contributed by atoms with E-state index in [4.69, 9.17) is 30.8 Å². The summed E-state index contributed by atoms with van der Waals surface area (Å²) < 4.78 is 19.0. The monoisotopic (exact) mass is 653 g/mol. The Morgan fingerprint density at radius 2 is 1.83 bits per heavy atom. The molecule has 13 heteroatoms. The lowest BCUT2D eigenvalue weighted by Crippen LogP contribution is -2.57. The number of nitrogens with zero attached hydrogens (tertiary/aromatic N) is 6. The van der Waals surface area contributed by atoms with Crippen LogP contribution in [0.15, 0.2) is 41.8 Å². The summed E-state index contributed by atoms with van der Waals surface area (Å²) in [7, 11) is 3.06. The molecule has 0 atom stereocenters. The average Bonchev–Trinajstić information content (AvgIpc) is 3.04. The van der Waals surface area contributed by atoms with Crippen molar-refractivity contribution in [3.05, 3.63) is 52.4 Å². The number of anilines is 1. The fourth-order valence-electron chi connectivity index (χ4n) is 5.96. The van der Waals surface area contributed by atoms with Gasteiger partial charge in [0.15, 0.2) is 0 Å². The van der Waals surface area contributed by atoms with Gasteiger partial charge >= 0.3 is 0 Å². The zero-order valence-electron chi connectivity index (χ0n) is 27.3. The fourth-order valence-corrected chi connectivity index (χ4v) is 6.25. The Labute approximate surface area is 274 Å². The second-order valence-corrected chi connectivity index (χ2v) is 12.6. The summed E-state index contributed by atoms with van der Waals surface area (Å²) in [5, 5.41) is 4.31. The lowest BCUT2D eigenvalue weighted by molar-refractivity contribution is -0.158. The molecule has 3 aromatic rings. The Hall–Kier alpha value is -3.71. The molecule has 12 nitrogen and oxygen atoms in total. The minimum atomic E-state index is -0.779. The molecule has 0 aliphatic carbocycles. The third kappa shape index (κ3) is 7.46. The maximum absolute atomic E-state index is 14.4. The van der Waals surface area contributed by atoms with Gasteiger partial charge in [0.05, 0.1) is 37.5 Å². The van der Waals surface area contributed by atoms with Gasteiger partial charge in [-0.25, -0.2) is 4.98 Å². The molecular weight excluding hydrogens is 610 g/mol. The van der Waals surface area contributed by atoms with Gasteiger partial charge in [0.2, 0.25) is 11.9 Å². The Morgan fingerprint density at radius 3 is 2.48 bits per heavy atom. The molecule has 248 valence electrons. The van der Waals surface area contributed by atoms with Gasteiger partial charge in [-0.15, -0.1) is 0 Å². The molecule has 5 rings (SSSR count). The number of aromatic nitrogens is 3. The van der Waals surface area contributed by atoms with E-state index in [2.05, 4.69) is 33.6 Å². The number of nitrogens with one attached hydrogen (secondary N) is 1. The van der Waals surface area contributed by atoms with Gasteiger partial charge in [0, 0.05) is 81.1 Å². The van der Waals surface area contributed by atoms with Crippen LogP contribution in [0.2, 0.25) is 5.02 Å². The van der Waals surface area contributed by atoms with Crippen LogP contribution < -0.4 is 20.3 Å². The predicted octanol–water partition coefficient (Wildman–Crippen LogP) is 3.37. The molecule has 2 saturated heterocycles. The zero-order valence-corrected chi connectivity index (χ0v) is 28.1. The van der Waals surface area contributed by atoms with Crippen molar-refractivity contribution < 1.29 is 19.0 Å². The van der Waals surface area contributed by atoms with Crippen LogP contribution in [-0.2, 0) is 16.1 Å². The third-order valence-corrected chi connectivity index (χ3v) is 8.96. The summed E-state index contributed by atoms with van der Waals surface area (Å²) in [6, 6.07) is 5.14. The topological polar surface area (TPSA) is 114 Å². The molecule has 46 heavy (non-hydrogen) atoms. The molecule has 1 N–H and O–H groups in total. The number of fused-ring (bicyclic) bond motifs is 1. The molecule has 0 spiro atoms. The van der Waals surface area contributed by atoms with Crippen molar-refractivity contribution >= 4 is 34.5 Å². The number of likely N-dealkylation sites (tertiary alicyclic amines) is 1. The molecule has 0 bridgehead atoms. The number of carbonyl (C=O) groups excluding carboxylic acids is 1. The molecule has 0 saturated carbocycles. The number of rotatable bonds is 13. The first-order valence-electron chi connectivity index (χ1n) is 15.7. The van der Waals surface area contributed by atoms with E-state index in [1.165, 1.54) is 13.2 Å². The van der Waals surface area contributed by atoms with Gasteiger partial charge in [0.1, 0.15) is 17.1 Å². The zero-order chi connectivity index (χ0) is 33.0. The molecule has 1 aromatic carbocycles. The second-order valence-electron chi connectivity index (χ2n) is 12.3. The van der Waals surface area contributed by atoms with Crippen molar-refractivity contribution in [2.24, 2.45) is 0 Å². The van der Waals surface area contributed by atoms with E-state index in [-0.39, 0.29) is 24.1 Å². The number of hydrogen-bond acceptors (Lipinski definition) is 10. The molecule has 0 radical (unpaired) electrons. The Balaban J connectivity index is 1.46. The molecule has 2 aromatic heterocycles. The predicted molar refractivity (Wildman–Crippen MR) is 180 cm³/mol. The number of piperazine rings is 1. The highest BCUT2D eigenvalue weighted by molar-refractivity contribution is 6.35. The van der Waals surface area contributed by atoms with Crippen LogP contribution in [0, 0.1) is 0 Å². The standard InChI is InChI=1S/C33H44ClN7O5/c1-7-28(42)40-19-24(20-40)46-33(3,4)21-41-30-22(15-26(31(41)43)25-16-23(44-5)17-27(45-6)29(25)34)18-36-32(37-30)35-9-10-39-13-11-38(8-2)12-14-39/h7,15-18,24H,1,8-14,19-21H2,2-6H3,(H,35,36,37). The van der Waals surface area contributed by atoms with E-state index in [0.29, 0.717) is 64.3 Å². The fraction of sp³-hybridized carbons (Fsp3) is 0.515. The first kappa shape index (κ1) is 33.6. The minimum absolute atomic E-state index is 0.127. The SMILES string of the molecule is C=CC(=O)N1CC(OC(C)(C)Cn2c(=O)c(-c3cc(OC)cc(OC)c3Cl)cc3cnc(NCCN4CCN(CC)CC4)nc32)C1. The number of likely N-dealkylation sites (N-methyl/N-ethyl adjacent to an activating group) is 1. The number of benzene rings is 1. The summed E-state index contributed by atoms with van der Waals surface area (Å²) >= 11 is 6.75. The van der Waals surface area contributed by atoms with E-state index >= 15 is 0 Å². The molecule has 1 amide bonds. The number of carbonyl (C=O) groups is 1. The molecule has 2 aliphatic rings. The van der Waals surface area contributed by atoms with Crippen LogP contribution >= 0.6 is 11.6 Å².